The van der Waals surface area contributed by atoms with Crippen LogP contribution in [0.3, 0.4) is 0 Å². The molecule has 0 unspecified atom stereocenters. The average Bonchev–Trinajstić information content (AvgIpc) is 2.47. The van der Waals surface area contributed by atoms with Crippen molar-refractivity contribution in [2.24, 2.45) is 5.92 Å². The Labute approximate surface area is 126 Å². The van der Waals surface area contributed by atoms with Crippen LogP contribution in [0.5, 0.6) is 0 Å². The maximum atomic E-state index is 12.8. The van der Waals surface area contributed by atoms with Gasteiger partial charge in [-0.3, -0.25) is 0 Å². The summed E-state index contributed by atoms with van der Waals surface area (Å²) in [6.07, 6.45) is 6.74. The Balaban J connectivity index is 1.91. The number of rotatable bonds is 2. The van der Waals surface area contributed by atoms with Crippen LogP contribution >= 0.6 is 11.6 Å². The fourth-order valence-corrected chi connectivity index (χ4v) is 5.50. The van der Waals surface area contributed by atoms with Gasteiger partial charge in [-0.15, -0.1) is 0 Å². The maximum absolute atomic E-state index is 12.8. The second-order valence-electron chi connectivity index (χ2n) is 5.82. The van der Waals surface area contributed by atoms with Gasteiger partial charge in [0.25, 0.3) is 0 Å². The first-order valence-electron chi connectivity index (χ1n) is 7.36. The van der Waals surface area contributed by atoms with Crippen molar-refractivity contribution in [2.45, 2.75) is 49.5 Å². The quantitative estimate of drug-likeness (QED) is 0.835. The molecule has 5 heteroatoms. The molecule has 0 N–H and O–H groups in total. The zero-order valence-corrected chi connectivity index (χ0v) is 13.0. The molecule has 2 atom stereocenters. The lowest BCUT2D eigenvalue weighted by Gasteiger charge is -2.43. The average molecular weight is 314 g/mol. The number of piperidine rings is 1. The topological polar surface area (TPSA) is 37.4 Å². The predicted molar refractivity (Wildman–Crippen MR) is 80.3 cm³/mol. The molecule has 1 aliphatic carbocycles. The molecule has 1 saturated heterocycles. The lowest BCUT2D eigenvalue weighted by atomic mass is 9.79. The van der Waals surface area contributed by atoms with Gasteiger partial charge in [0.15, 0.2) is 0 Å². The predicted octanol–water partition coefficient (Wildman–Crippen LogP) is 3.68. The highest BCUT2D eigenvalue weighted by Crippen LogP contribution is 2.38. The molecule has 2 aliphatic rings. The van der Waals surface area contributed by atoms with Crippen LogP contribution in [0.25, 0.3) is 0 Å². The van der Waals surface area contributed by atoms with Gasteiger partial charge in [0.05, 0.1) is 4.90 Å². The molecule has 3 rings (SSSR count). The molecule has 1 saturated carbocycles. The SMILES string of the molecule is O=S(=O)(c1ccc(Cl)cc1)N1CCC[C@H]2CCCC[C@H]21. The molecule has 0 bridgehead atoms. The first kappa shape index (κ1) is 14.4. The van der Waals surface area contributed by atoms with Crippen molar-refractivity contribution < 1.29 is 8.42 Å². The minimum atomic E-state index is -3.37. The first-order chi connectivity index (χ1) is 9.59. The number of nitrogens with zero attached hydrogens (tertiary/aromatic N) is 1. The van der Waals surface area contributed by atoms with Crippen molar-refractivity contribution in [1.82, 2.24) is 4.31 Å². The molecule has 1 heterocycles. The van der Waals surface area contributed by atoms with E-state index in [1.807, 2.05) is 0 Å². The van der Waals surface area contributed by atoms with Crippen LogP contribution in [-0.2, 0) is 10.0 Å². The summed E-state index contributed by atoms with van der Waals surface area (Å²) < 4.78 is 27.4. The van der Waals surface area contributed by atoms with Gasteiger partial charge < -0.3 is 0 Å². The van der Waals surface area contributed by atoms with E-state index in [0.717, 1.165) is 19.3 Å². The molecule has 1 aromatic carbocycles. The number of halogens is 1. The normalized spacial score (nSPS) is 28.1. The van der Waals surface area contributed by atoms with Crippen LogP contribution in [-0.4, -0.2) is 25.3 Å². The summed E-state index contributed by atoms with van der Waals surface area (Å²) in [7, 11) is -3.37. The molecule has 3 nitrogen and oxygen atoms in total. The van der Waals surface area contributed by atoms with Crippen molar-refractivity contribution in [2.75, 3.05) is 6.54 Å². The Morgan fingerprint density at radius 1 is 1.00 bits per heavy atom. The molecule has 1 aliphatic heterocycles. The molecule has 1 aromatic rings. The summed E-state index contributed by atoms with van der Waals surface area (Å²) in [5.41, 5.74) is 0. The van der Waals surface area contributed by atoms with Crippen molar-refractivity contribution in [3.05, 3.63) is 29.3 Å². The van der Waals surface area contributed by atoms with E-state index >= 15 is 0 Å². The van der Waals surface area contributed by atoms with E-state index in [1.165, 1.54) is 19.3 Å². The van der Waals surface area contributed by atoms with Gasteiger partial charge in [-0.2, -0.15) is 4.31 Å². The van der Waals surface area contributed by atoms with Crippen molar-refractivity contribution in [1.29, 1.82) is 0 Å². The number of hydrogen-bond acceptors (Lipinski definition) is 2. The number of fused-ring (bicyclic) bond motifs is 1. The minimum absolute atomic E-state index is 0.207. The number of benzene rings is 1. The van der Waals surface area contributed by atoms with E-state index in [2.05, 4.69) is 0 Å². The number of sulfonamides is 1. The molecule has 0 aromatic heterocycles. The molecule has 0 spiro atoms. The summed E-state index contributed by atoms with van der Waals surface area (Å²) in [6.45, 7) is 0.659. The molecule has 110 valence electrons. The maximum Gasteiger partial charge on any atom is 0.243 e. The standard InChI is InChI=1S/C15H20ClNO2S/c16-13-7-9-14(10-8-13)20(18,19)17-11-3-5-12-4-1-2-6-15(12)17/h7-10,12,15H,1-6,11H2/t12-,15-/m1/s1. The third-order valence-electron chi connectivity index (χ3n) is 4.61. The molecular formula is C15H20ClNO2S. The van der Waals surface area contributed by atoms with Crippen LogP contribution in [0, 0.1) is 5.92 Å². The Kier molecular flexibility index (Phi) is 4.07. The van der Waals surface area contributed by atoms with E-state index in [1.54, 1.807) is 28.6 Å². The van der Waals surface area contributed by atoms with Crippen LogP contribution < -0.4 is 0 Å². The highest BCUT2D eigenvalue weighted by Gasteiger charge is 2.39. The van der Waals surface area contributed by atoms with E-state index < -0.39 is 10.0 Å². The molecular weight excluding hydrogens is 294 g/mol. The summed E-state index contributed by atoms with van der Waals surface area (Å²) in [6, 6.07) is 6.74. The molecule has 0 radical (unpaired) electrons. The van der Waals surface area contributed by atoms with Crippen molar-refractivity contribution in [3.8, 4) is 0 Å². The highest BCUT2D eigenvalue weighted by atomic mass is 35.5. The summed E-state index contributed by atoms with van der Waals surface area (Å²) in [4.78, 5) is 0.369. The largest absolute Gasteiger partial charge is 0.243 e. The van der Waals surface area contributed by atoms with Gasteiger partial charge in [0.1, 0.15) is 0 Å². The van der Waals surface area contributed by atoms with E-state index in [0.29, 0.717) is 22.4 Å². The van der Waals surface area contributed by atoms with Gasteiger partial charge in [-0.1, -0.05) is 24.4 Å². The van der Waals surface area contributed by atoms with Crippen LogP contribution in [0.4, 0.5) is 0 Å². The van der Waals surface area contributed by atoms with Gasteiger partial charge in [-0.05, 0) is 55.9 Å². The monoisotopic (exact) mass is 313 g/mol. The fourth-order valence-electron chi connectivity index (χ4n) is 3.62. The second kappa shape index (κ2) is 5.66. The van der Waals surface area contributed by atoms with Crippen LogP contribution in [0.1, 0.15) is 38.5 Å². The Hall–Kier alpha value is -0.580. The highest BCUT2D eigenvalue weighted by molar-refractivity contribution is 7.89. The Bertz CT molecular complexity index is 568. The van der Waals surface area contributed by atoms with Crippen molar-refractivity contribution in [3.63, 3.8) is 0 Å². The summed E-state index contributed by atoms with van der Waals surface area (Å²) in [5.74, 6) is 0.555. The number of hydrogen-bond donors (Lipinski definition) is 0. The zero-order valence-electron chi connectivity index (χ0n) is 11.5. The smallest absolute Gasteiger partial charge is 0.207 e. The van der Waals surface area contributed by atoms with E-state index in [9.17, 15) is 8.42 Å². The lowest BCUT2D eigenvalue weighted by molar-refractivity contribution is 0.129. The van der Waals surface area contributed by atoms with E-state index in [4.69, 9.17) is 11.6 Å². The molecule has 20 heavy (non-hydrogen) atoms. The van der Waals surface area contributed by atoms with E-state index in [-0.39, 0.29) is 6.04 Å². The summed E-state index contributed by atoms with van der Waals surface area (Å²) >= 11 is 5.85. The third kappa shape index (κ3) is 2.61. The first-order valence-corrected chi connectivity index (χ1v) is 9.18. The van der Waals surface area contributed by atoms with Crippen molar-refractivity contribution >= 4 is 21.6 Å². The molecule has 2 fully saturated rings. The second-order valence-corrected chi connectivity index (χ2v) is 8.15. The summed E-state index contributed by atoms with van der Waals surface area (Å²) in [5, 5.41) is 0.568. The Morgan fingerprint density at radius 2 is 1.65 bits per heavy atom. The lowest BCUT2D eigenvalue weighted by Crippen LogP contribution is -2.49. The minimum Gasteiger partial charge on any atom is -0.207 e. The van der Waals surface area contributed by atoms with Gasteiger partial charge >= 0.3 is 0 Å². The third-order valence-corrected chi connectivity index (χ3v) is 6.80. The van der Waals surface area contributed by atoms with Crippen LogP contribution in [0.2, 0.25) is 5.02 Å². The zero-order chi connectivity index (χ0) is 14.2. The van der Waals surface area contributed by atoms with Crippen LogP contribution in [0.15, 0.2) is 29.2 Å². The van der Waals surface area contributed by atoms with Gasteiger partial charge in [0.2, 0.25) is 10.0 Å². The fraction of sp³-hybridized carbons (Fsp3) is 0.600. The van der Waals surface area contributed by atoms with Gasteiger partial charge in [0, 0.05) is 17.6 Å². The Morgan fingerprint density at radius 3 is 2.40 bits per heavy atom. The van der Waals surface area contributed by atoms with Gasteiger partial charge in [-0.25, -0.2) is 8.42 Å². The molecule has 0 amide bonds.